The minimum Gasteiger partial charge on any atom is -0.497 e. The molecule has 0 aliphatic carbocycles. The van der Waals surface area contributed by atoms with Crippen molar-refractivity contribution in [1.82, 2.24) is 0 Å². The number of fused-ring (bicyclic) bond motifs is 1. The number of rotatable bonds is 2. The van der Waals surface area contributed by atoms with Crippen molar-refractivity contribution in [2.24, 2.45) is 0 Å². The largest absolute Gasteiger partial charge is 0.497 e. The summed E-state index contributed by atoms with van der Waals surface area (Å²) in [5, 5.41) is 0.00225. The number of methoxy groups -OCH3 is 1. The van der Waals surface area contributed by atoms with Crippen LogP contribution in [-0.4, -0.2) is 7.11 Å². The zero-order chi connectivity index (χ0) is 15.9. The Morgan fingerprint density at radius 2 is 1.68 bits per heavy atom. The molecule has 0 spiro atoms. The van der Waals surface area contributed by atoms with Gasteiger partial charge < -0.3 is 9.15 Å². The van der Waals surface area contributed by atoms with Crippen LogP contribution in [0.3, 0.4) is 0 Å². The van der Waals surface area contributed by atoms with Gasteiger partial charge in [0.2, 0.25) is 0 Å². The quantitative estimate of drug-likeness (QED) is 0.629. The standard InChI is InChI=1S/C17H13F3O2/c1-10-3-5-11(6-4-10)16-15(17(18,19)20)13-9-12(21-2)7-8-14(13)22-16/h3-9H,1-2H3. The van der Waals surface area contributed by atoms with Crippen LogP contribution < -0.4 is 4.74 Å². The van der Waals surface area contributed by atoms with Gasteiger partial charge in [-0.2, -0.15) is 13.2 Å². The van der Waals surface area contributed by atoms with Gasteiger partial charge in [0.05, 0.1) is 7.11 Å². The summed E-state index contributed by atoms with van der Waals surface area (Å²) in [6.07, 6.45) is -4.52. The molecule has 0 fully saturated rings. The Bertz CT molecular complexity index is 814. The van der Waals surface area contributed by atoms with Crippen LogP contribution in [0.4, 0.5) is 13.2 Å². The van der Waals surface area contributed by atoms with E-state index in [1.165, 1.54) is 19.2 Å². The van der Waals surface area contributed by atoms with Gasteiger partial charge in [-0.15, -0.1) is 0 Å². The first-order valence-corrected chi connectivity index (χ1v) is 6.65. The van der Waals surface area contributed by atoms with E-state index in [9.17, 15) is 13.2 Å². The van der Waals surface area contributed by atoms with Gasteiger partial charge in [-0.1, -0.05) is 29.8 Å². The first-order chi connectivity index (χ1) is 10.4. The highest BCUT2D eigenvalue weighted by Crippen LogP contribution is 2.44. The minimum atomic E-state index is -4.52. The van der Waals surface area contributed by atoms with Gasteiger partial charge in [0.15, 0.2) is 0 Å². The topological polar surface area (TPSA) is 22.4 Å². The van der Waals surface area contributed by atoms with Gasteiger partial charge in [-0.25, -0.2) is 0 Å². The van der Waals surface area contributed by atoms with Gasteiger partial charge in [0.1, 0.15) is 22.7 Å². The zero-order valence-corrected chi connectivity index (χ0v) is 12.0. The van der Waals surface area contributed by atoms with Crippen molar-refractivity contribution >= 4 is 11.0 Å². The second-order valence-corrected chi connectivity index (χ2v) is 5.03. The molecule has 0 saturated carbocycles. The molecule has 2 aromatic carbocycles. The second-order valence-electron chi connectivity index (χ2n) is 5.03. The van der Waals surface area contributed by atoms with E-state index in [4.69, 9.17) is 9.15 Å². The molecule has 0 bridgehead atoms. The van der Waals surface area contributed by atoms with Crippen LogP contribution in [-0.2, 0) is 6.18 Å². The van der Waals surface area contributed by atoms with Crippen LogP contribution in [0.1, 0.15) is 11.1 Å². The third-order valence-electron chi connectivity index (χ3n) is 3.49. The summed E-state index contributed by atoms with van der Waals surface area (Å²) in [6, 6.07) is 11.2. The molecule has 0 atom stereocenters. The third-order valence-corrected chi connectivity index (χ3v) is 3.49. The van der Waals surface area contributed by atoms with E-state index in [-0.39, 0.29) is 16.7 Å². The van der Waals surface area contributed by atoms with Crippen molar-refractivity contribution in [3.63, 3.8) is 0 Å². The monoisotopic (exact) mass is 306 g/mol. The summed E-state index contributed by atoms with van der Waals surface area (Å²) in [4.78, 5) is 0. The normalized spacial score (nSPS) is 11.9. The lowest BCUT2D eigenvalue weighted by atomic mass is 10.0. The summed E-state index contributed by atoms with van der Waals surface area (Å²) in [7, 11) is 1.41. The van der Waals surface area contributed by atoms with Gasteiger partial charge in [-0.05, 0) is 25.1 Å². The van der Waals surface area contributed by atoms with Crippen molar-refractivity contribution in [3.8, 4) is 17.1 Å². The highest BCUT2D eigenvalue weighted by atomic mass is 19.4. The molecule has 1 heterocycles. The van der Waals surface area contributed by atoms with Gasteiger partial charge in [0, 0.05) is 10.9 Å². The number of hydrogen-bond acceptors (Lipinski definition) is 2. The van der Waals surface area contributed by atoms with Crippen LogP contribution in [0.5, 0.6) is 5.75 Å². The van der Waals surface area contributed by atoms with Crippen LogP contribution in [0.15, 0.2) is 46.9 Å². The Labute approximate surface area is 125 Å². The molecule has 0 aliphatic heterocycles. The number of alkyl halides is 3. The molecule has 3 aromatic rings. The molecule has 2 nitrogen and oxygen atoms in total. The predicted octanol–water partition coefficient (Wildman–Crippen LogP) is 5.44. The number of halogens is 3. The fourth-order valence-electron chi connectivity index (χ4n) is 2.39. The Morgan fingerprint density at radius 3 is 2.27 bits per heavy atom. The lowest BCUT2D eigenvalue weighted by Gasteiger charge is -2.08. The van der Waals surface area contributed by atoms with Crippen molar-refractivity contribution in [2.45, 2.75) is 13.1 Å². The van der Waals surface area contributed by atoms with E-state index in [2.05, 4.69) is 0 Å². The van der Waals surface area contributed by atoms with E-state index in [0.717, 1.165) is 5.56 Å². The molecule has 0 aliphatic rings. The van der Waals surface area contributed by atoms with E-state index in [1.807, 2.05) is 6.92 Å². The molecule has 114 valence electrons. The third kappa shape index (κ3) is 2.43. The lowest BCUT2D eigenvalue weighted by molar-refractivity contribution is -0.136. The van der Waals surface area contributed by atoms with E-state index < -0.39 is 11.7 Å². The molecule has 3 rings (SSSR count). The second kappa shape index (κ2) is 5.09. The average Bonchev–Trinajstić information content (AvgIpc) is 2.86. The van der Waals surface area contributed by atoms with Crippen molar-refractivity contribution < 1.29 is 22.3 Å². The molecule has 1 aromatic heterocycles. The molecule has 0 amide bonds. The Balaban J connectivity index is 2.31. The van der Waals surface area contributed by atoms with Crippen LogP contribution in [0, 0.1) is 6.92 Å². The SMILES string of the molecule is COc1ccc2oc(-c3ccc(C)cc3)c(C(F)(F)F)c2c1. The maximum Gasteiger partial charge on any atom is 0.420 e. The minimum absolute atomic E-state index is 0.00225. The number of ether oxygens (including phenoxy) is 1. The van der Waals surface area contributed by atoms with Crippen LogP contribution in [0.2, 0.25) is 0 Å². The van der Waals surface area contributed by atoms with Crippen molar-refractivity contribution in [3.05, 3.63) is 53.6 Å². The molecular formula is C17H13F3O2. The average molecular weight is 306 g/mol. The number of hydrogen-bond donors (Lipinski definition) is 0. The lowest BCUT2D eigenvalue weighted by Crippen LogP contribution is -2.05. The van der Waals surface area contributed by atoms with E-state index in [1.54, 1.807) is 30.3 Å². The number of benzene rings is 2. The highest BCUT2D eigenvalue weighted by Gasteiger charge is 2.39. The van der Waals surface area contributed by atoms with E-state index in [0.29, 0.717) is 11.3 Å². The maximum atomic E-state index is 13.5. The van der Waals surface area contributed by atoms with Crippen LogP contribution >= 0.6 is 0 Å². The maximum absolute atomic E-state index is 13.5. The van der Waals surface area contributed by atoms with Gasteiger partial charge in [-0.3, -0.25) is 0 Å². The zero-order valence-electron chi connectivity index (χ0n) is 12.0. The molecule has 0 N–H and O–H groups in total. The van der Waals surface area contributed by atoms with E-state index >= 15 is 0 Å². The first kappa shape index (κ1) is 14.5. The molecule has 5 heteroatoms. The fourth-order valence-corrected chi connectivity index (χ4v) is 2.39. The molecule has 22 heavy (non-hydrogen) atoms. The van der Waals surface area contributed by atoms with Gasteiger partial charge in [0.25, 0.3) is 0 Å². The summed E-state index contributed by atoms with van der Waals surface area (Å²) in [6.45, 7) is 1.87. The Hall–Kier alpha value is -2.43. The summed E-state index contributed by atoms with van der Waals surface area (Å²) >= 11 is 0. The molecular weight excluding hydrogens is 293 g/mol. The number of furan rings is 1. The van der Waals surface area contributed by atoms with Crippen LogP contribution in [0.25, 0.3) is 22.3 Å². The molecule has 0 saturated heterocycles. The van der Waals surface area contributed by atoms with Crippen molar-refractivity contribution in [2.75, 3.05) is 7.11 Å². The molecule has 0 unspecified atom stereocenters. The highest BCUT2D eigenvalue weighted by molar-refractivity contribution is 5.89. The fraction of sp³-hybridized carbons (Fsp3) is 0.176. The summed E-state index contributed by atoms with van der Waals surface area (Å²) < 4.78 is 51.0. The Morgan fingerprint density at radius 1 is 1.00 bits per heavy atom. The Kier molecular flexibility index (Phi) is 3.35. The summed E-state index contributed by atoms with van der Waals surface area (Å²) in [5.41, 5.74) is 0.775. The first-order valence-electron chi connectivity index (χ1n) is 6.65. The van der Waals surface area contributed by atoms with Crippen molar-refractivity contribution in [1.29, 1.82) is 0 Å². The summed E-state index contributed by atoms with van der Waals surface area (Å²) in [5.74, 6) is 0.185. The predicted molar refractivity (Wildman–Crippen MR) is 77.9 cm³/mol. The smallest absolute Gasteiger partial charge is 0.420 e. The van der Waals surface area contributed by atoms with Gasteiger partial charge >= 0.3 is 6.18 Å². The molecule has 0 radical (unpaired) electrons. The number of aryl methyl sites for hydroxylation is 1.